The molecule has 1 aromatic rings. The first-order valence-corrected chi connectivity index (χ1v) is 6.60. The third-order valence-corrected chi connectivity index (χ3v) is 3.02. The van der Waals surface area contributed by atoms with Crippen LogP contribution in [0.1, 0.15) is 63.9 Å². The average Bonchev–Trinajstić information content (AvgIpc) is 2.68. The third kappa shape index (κ3) is 5.24. The van der Waals surface area contributed by atoms with Gasteiger partial charge in [-0.3, -0.25) is 0 Å². The predicted octanol–water partition coefficient (Wildman–Crippen LogP) is 4.66. The number of hydrogen-bond acceptors (Lipinski definition) is 1. The Morgan fingerprint density at radius 2 is 1.62 bits per heavy atom. The molecule has 2 nitrogen and oxygen atoms in total. The van der Waals surface area contributed by atoms with Crippen molar-refractivity contribution in [1.82, 2.24) is 5.73 Å². The van der Waals surface area contributed by atoms with Crippen LogP contribution >= 0.6 is 0 Å². The van der Waals surface area contributed by atoms with Crippen LogP contribution in [0.5, 0.6) is 0 Å². The molecule has 0 fully saturated rings. The van der Waals surface area contributed by atoms with Gasteiger partial charge in [-0.1, -0.05) is 51.9 Å². The van der Waals surface area contributed by atoms with Crippen LogP contribution in [0.3, 0.4) is 0 Å². The second kappa shape index (κ2) is 8.26. The molecule has 1 heterocycles. The Bertz CT molecular complexity index is 267. The lowest BCUT2D eigenvalue weighted by Gasteiger charge is -2.00. The first kappa shape index (κ1) is 13.1. The van der Waals surface area contributed by atoms with Gasteiger partial charge in [0.25, 0.3) is 0 Å². The normalized spacial score (nSPS) is 10.8. The van der Waals surface area contributed by atoms with Crippen LogP contribution in [-0.2, 0) is 6.42 Å². The lowest BCUT2D eigenvalue weighted by molar-refractivity contribution is 0.562. The zero-order chi connectivity index (χ0) is 11.6. The molecule has 1 aromatic heterocycles. The Labute approximate surface area is 99.2 Å². The molecule has 0 unspecified atom stereocenters. The van der Waals surface area contributed by atoms with Crippen LogP contribution in [0.2, 0.25) is 0 Å². The minimum atomic E-state index is 0.0999. The van der Waals surface area contributed by atoms with Gasteiger partial charge in [-0.15, -0.1) is 5.73 Å². The van der Waals surface area contributed by atoms with Crippen molar-refractivity contribution in [2.45, 2.75) is 64.7 Å². The van der Waals surface area contributed by atoms with E-state index in [1.807, 2.05) is 6.07 Å². The van der Waals surface area contributed by atoms with Crippen molar-refractivity contribution >= 4 is 5.88 Å². The van der Waals surface area contributed by atoms with E-state index in [0.29, 0.717) is 0 Å². The fraction of sp³-hybridized carbons (Fsp3) is 0.714. The van der Waals surface area contributed by atoms with Gasteiger partial charge in [-0.05, 0) is 18.9 Å². The molecule has 0 bridgehead atoms. The lowest BCUT2D eigenvalue weighted by atomic mass is 10.1. The van der Waals surface area contributed by atoms with E-state index in [1.54, 1.807) is 6.26 Å². The van der Waals surface area contributed by atoms with Crippen molar-refractivity contribution in [2.75, 3.05) is 0 Å². The molecule has 90 valence electrons. The predicted molar refractivity (Wildman–Crippen MR) is 66.8 cm³/mol. The molecule has 0 aliphatic heterocycles. The summed E-state index contributed by atoms with van der Waals surface area (Å²) >= 11 is 0. The van der Waals surface area contributed by atoms with Crippen molar-refractivity contribution in [3.63, 3.8) is 0 Å². The highest BCUT2D eigenvalue weighted by molar-refractivity contribution is 5.31. The molecule has 0 spiro atoms. The summed E-state index contributed by atoms with van der Waals surface area (Å²) in [5.74, 6) is 0.0999. The van der Waals surface area contributed by atoms with Crippen LogP contribution in [0.25, 0.3) is 0 Å². The molecular weight excluding hydrogens is 198 g/mol. The highest BCUT2D eigenvalue weighted by Gasteiger charge is 2.02. The quantitative estimate of drug-likeness (QED) is 0.558. The van der Waals surface area contributed by atoms with E-state index in [9.17, 15) is 5.73 Å². The second-order valence-corrected chi connectivity index (χ2v) is 4.48. The van der Waals surface area contributed by atoms with E-state index in [2.05, 4.69) is 6.92 Å². The number of unbranched alkanes of at least 4 members (excludes halogenated alkanes) is 7. The topological polar surface area (TPSA) is 35.4 Å². The molecule has 0 saturated heterocycles. The summed E-state index contributed by atoms with van der Waals surface area (Å²) in [5.41, 5.74) is 10.2. The molecule has 0 N–H and O–H groups in total. The lowest BCUT2D eigenvalue weighted by Crippen LogP contribution is -1.85. The largest absolute Gasteiger partial charge is 0.445 e. The molecule has 2 heteroatoms. The molecule has 0 amide bonds. The third-order valence-electron chi connectivity index (χ3n) is 3.02. The fourth-order valence-electron chi connectivity index (χ4n) is 1.97. The highest BCUT2D eigenvalue weighted by atomic mass is 16.3. The first-order chi connectivity index (χ1) is 7.84. The number of hydrogen-bond donors (Lipinski definition) is 0. The summed E-state index contributed by atoms with van der Waals surface area (Å²) in [6.45, 7) is 2.25. The Balaban J connectivity index is 1.91. The maximum Gasteiger partial charge on any atom is 0.241 e. The Hall–Kier alpha value is -0.920. The fourth-order valence-corrected chi connectivity index (χ4v) is 1.97. The monoisotopic (exact) mass is 221 g/mol. The summed E-state index contributed by atoms with van der Waals surface area (Å²) < 4.78 is 4.84. The Morgan fingerprint density at radius 1 is 1.00 bits per heavy atom. The minimum absolute atomic E-state index is 0.0999. The van der Waals surface area contributed by atoms with E-state index in [0.717, 1.165) is 18.4 Å². The number of furan rings is 1. The van der Waals surface area contributed by atoms with E-state index in [1.165, 1.54) is 44.9 Å². The molecule has 0 aliphatic carbocycles. The molecule has 1 rings (SSSR count). The number of nitrogens with zero attached hydrogens (tertiary/aromatic N) is 1. The first-order valence-electron chi connectivity index (χ1n) is 6.60. The summed E-state index contributed by atoms with van der Waals surface area (Å²) in [5, 5.41) is 0. The standard InChI is InChI=1S/C14H23NO/c1-2-3-4-5-6-7-8-9-10-13-11-12-16-14(13)15/h11-12H,2-10H2,1H3. The molecular formula is C14H23NO. The van der Waals surface area contributed by atoms with Crippen molar-refractivity contribution in [3.05, 3.63) is 17.9 Å². The second-order valence-electron chi connectivity index (χ2n) is 4.48. The number of aryl methyl sites for hydroxylation is 1. The molecule has 2 radical (unpaired) electrons. The molecule has 16 heavy (non-hydrogen) atoms. The van der Waals surface area contributed by atoms with Gasteiger partial charge < -0.3 is 4.42 Å². The van der Waals surface area contributed by atoms with Gasteiger partial charge in [0, 0.05) is 5.56 Å². The van der Waals surface area contributed by atoms with Gasteiger partial charge >= 0.3 is 0 Å². The summed E-state index contributed by atoms with van der Waals surface area (Å²) in [6.07, 6.45) is 13.1. The zero-order valence-corrected chi connectivity index (χ0v) is 10.4. The van der Waals surface area contributed by atoms with Gasteiger partial charge in [0.1, 0.15) is 0 Å². The maximum absolute atomic E-state index is 9.28. The van der Waals surface area contributed by atoms with E-state index >= 15 is 0 Å². The molecule has 0 aromatic carbocycles. The van der Waals surface area contributed by atoms with Gasteiger partial charge in [0.05, 0.1) is 6.26 Å². The smallest absolute Gasteiger partial charge is 0.241 e. The van der Waals surface area contributed by atoms with E-state index in [-0.39, 0.29) is 5.88 Å². The van der Waals surface area contributed by atoms with E-state index in [4.69, 9.17) is 4.42 Å². The van der Waals surface area contributed by atoms with Crippen LogP contribution in [-0.4, -0.2) is 0 Å². The minimum Gasteiger partial charge on any atom is -0.445 e. The maximum atomic E-state index is 9.28. The van der Waals surface area contributed by atoms with Gasteiger partial charge in [-0.25, -0.2) is 0 Å². The average molecular weight is 221 g/mol. The van der Waals surface area contributed by atoms with Crippen LogP contribution in [0, 0.1) is 0 Å². The molecule has 0 atom stereocenters. The molecule has 0 aliphatic rings. The van der Waals surface area contributed by atoms with Crippen LogP contribution < -0.4 is 5.73 Å². The van der Waals surface area contributed by atoms with Gasteiger partial charge in [0.15, 0.2) is 0 Å². The van der Waals surface area contributed by atoms with E-state index < -0.39 is 0 Å². The SMILES string of the molecule is CCCCCCCCCCc1ccoc1[N]. The van der Waals surface area contributed by atoms with Crippen molar-refractivity contribution in [1.29, 1.82) is 0 Å². The number of rotatable bonds is 9. The van der Waals surface area contributed by atoms with Gasteiger partial charge in [0.2, 0.25) is 5.88 Å². The Kier molecular flexibility index (Phi) is 6.78. The van der Waals surface area contributed by atoms with Crippen molar-refractivity contribution in [2.24, 2.45) is 0 Å². The van der Waals surface area contributed by atoms with Gasteiger partial charge in [-0.2, -0.15) is 0 Å². The van der Waals surface area contributed by atoms with Crippen molar-refractivity contribution in [3.8, 4) is 0 Å². The summed E-state index contributed by atoms with van der Waals surface area (Å²) in [4.78, 5) is 0. The highest BCUT2D eigenvalue weighted by Crippen LogP contribution is 2.17. The zero-order valence-electron chi connectivity index (χ0n) is 10.4. The van der Waals surface area contributed by atoms with Crippen LogP contribution in [0.4, 0.5) is 5.88 Å². The Morgan fingerprint density at radius 3 is 2.19 bits per heavy atom. The summed E-state index contributed by atoms with van der Waals surface area (Å²) in [7, 11) is 0. The molecule has 0 saturated carbocycles. The van der Waals surface area contributed by atoms with Crippen LogP contribution in [0.15, 0.2) is 16.7 Å². The van der Waals surface area contributed by atoms with Crippen molar-refractivity contribution < 1.29 is 4.42 Å². The summed E-state index contributed by atoms with van der Waals surface area (Å²) in [6, 6.07) is 1.86.